The Morgan fingerprint density at radius 3 is 2.67 bits per heavy atom. The standard InChI is InChI=1S/C17H14F3N3O3S/c18-17(19,20)10-25-12-5-3-11(4-6-12)21-14(24)7-8-15-22-16(23-26-15)13-2-1-9-27-13/h1-6,9H,7-8,10H2,(H,21,24). The third kappa shape index (κ3) is 5.81. The molecule has 2 aromatic heterocycles. The molecule has 0 unspecified atom stereocenters. The summed E-state index contributed by atoms with van der Waals surface area (Å²) < 4.78 is 46.0. The zero-order valence-corrected chi connectivity index (χ0v) is 14.6. The van der Waals surface area contributed by atoms with Crippen molar-refractivity contribution < 1.29 is 27.2 Å². The summed E-state index contributed by atoms with van der Waals surface area (Å²) in [6.07, 6.45) is -4.00. The quantitative estimate of drug-likeness (QED) is 0.643. The molecule has 0 aliphatic heterocycles. The van der Waals surface area contributed by atoms with Crippen molar-refractivity contribution in [3.05, 3.63) is 47.7 Å². The molecule has 0 bridgehead atoms. The predicted octanol–water partition coefficient (Wildman–Crippen LogP) is 4.31. The minimum Gasteiger partial charge on any atom is -0.484 e. The number of amides is 1. The molecule has 1 aromatic carbocycles. The highest BCUT2D eigenvalue weighted by Gasteiger charge is 2.28. The number of ether oxygens (including phenoxy) is 1. The van der Waals surface area contributed by atoms with Gasteiger partial charge in [-0.2, -0.15) is 18.2 Å². The number of aryl methyl sites for hydroxylation is 1. The van der Waals surface area contributed by atoms with Crippen molar-refractivity contribution in [1.29, 1.82) is 0 Å². The number of anilines is 1. The van der Waals surface area contributed by atoms with Crippen LogP contribution in [0.2, 0.25) is 0 Å². The Kier molecular flexibility index (Phi) is 5.75. The molecule has 27 heavy (non-hydrogen) atoms. The van der Waals surface area contributed by atoms with Crippen LogP contribution >= 0.6 is 11.3 Å². The van der Waals surface area contributed by atoms with Gasteiger partial charge in [-0.3, -0.25) is 4.79 Å². The maximum atomic E-state index is 12.1. The van der Waals surface area contributed by atoms with Gasteiger partial charge in [-0.1, -0.05) is 11.2 Å². The number of alkyl halides is 3. The van der Waals surface area contributed by atoms with Crippen molar-refractivity contribution in [1.82, 2.24) is 10.1 Å². The number of nitrogens with one attached hydrogen (secondary N) is 1. The van der Waals surface area contributed by atoms with E-state index in [0.717, 1.165) is 4.88 Å². The molecule has 2 heterocycles. The second-order valence-electron chi connectivity index (χ2n) is 5.47. The van der Waals surface area contributed by atoms with Crippen LogP contribution in [0.25, 0.3) is 10.7 Å². The molecule has 3 aromatic rings. The molecule has 1 N–H and O–H groups in total. The molecule has 6 nitrogen and oxygen atoms in total. The van der Waals surface area contributed by atoms with Crippen LogP contribution < -0.4 is 10.1 Å². The summed E-state index contributed by atoms with van der Waals surface area (Å²) in [4.78, 5) is 17.1. The Bertz CT molecular complexity index is 877. The molecule has 0 atom stereocenters. The van der Waals surface area contributed by atoms with E-state index in [1.807, 2.05) is 17.5 Å². The molecule has 0 radical (unpaired) electrons. The number of thiophene rings is 1. The normalized spacial score (nSPS) is 11.4. The maximum absolute atomic E-state index is 12.1. The third-order valence-corrected chi connectivity index (χ3v) is 4.18. The fourth-order valence-electron chi connectivity index (χ4n) is 2.11. The van der Waals surface area contributed by atoms with Crippen molar-refractivity contribution >= 4 is 22.9 Å². The highest BCUT2D eigenvalue weighted by molar-refractivity contribution is 7.13. The first kappa shape index (κ1) is 18.9. The Labute approximate surface area is 156 Å². The Morgan fingerprint density at radius 2 is 2.00 bits per heavy atom. The van der Waals surface area contributed by atoms with Gasteiger partial charge in [0.05, 0.1) is 4.88 Å². The molecule has 3 rings (SSSR count). The van der Waals surface area contributed by atoms with E-state index in [1.165, 1.54) is 35.6 Å². The van der Waals surface area contributed by atoms with Gasteiger partial charge in [0.1, 0.15) is 5.75 Å². The first-order chi connectivity index (χ1) is 12.9. The van der Waals surface area contributed by atoms with E-state index < -0.39 is 12.8 Å². The molecular formula is C17H14F3N3O3S. The van der Waals surface area contributed by atoms with Gasteiger partial charge in [0.25, 0.3) is 0 Å². The number of nitrogens with zero attached hydrogens (tertiary/aromatic N) is 2. The zero-order valence-electron chi connectivity index (χ0n) is 13.8. The number of benzene rings is 1. The average molecular weight is 397 g/mol. The SMILES string of the molecule is O=C(CCc1nc(-c2cccs2)no1)Nc1ccc(OCC(F)(F)F)cc1. The smallest absolute Gasteiger partial charge is 0.422 e. The van der Waals surface area contributed by atoms with Gasteiger partial charge >= 0.3 is 6.18 Å². The van der Waals surface area contributed by atoms with Gasteiger partial charge in [-0.05, 0) is 35.7 Å². The second kappa shape index (κ2) is 8.21. The fourth-order valence-corrected chi connectivity index (χ4v) is 2.76. The summed E-state index contributed by atoms with van der Waals surface area (Å²) in [7, 11) is 0. The highest BCUT2D eigenvalue weighted by atomic mass is 32.1. The summed E-state index contributed by atoms with van der Waals surface area (Å²) in [6.45, 7) is -1.36. The van der Waals surface area contributed by atoms with Crippen molar-refractivity contribution in [2.75, 3.05) is 11.9 Å². The fraction of sp³-hybridized carbons (Fsp3) is 0.235. The van der Waals surface area contributed by atoms with Gasteiger partial charge in [0, 0.05) is 18.5 Å². The van der Waals surface area contributed by atoms with Crippen LogP contribution in [0.4, 0.5) is 18.9 Å². The molecule has 0 spiro atoms. The van der Waals surface area contributed by atoms with Gasteiger partial charge in [0.15, 0.2) is 6.61 Å². The van der Waals surface area contributed by atoms with E-state index in [2.05, 4.69) is 20.2 Å². The second-order valence-corrected chi connectivity index (χ2v) is 6.41. The van der Waals surface area contributed by atoms with E-state index in [1.54, 1.807) is 0 Å². The lowest BCUT2D eigenvalue weighted by Gasteiger charge is -2.10. The van der Waals surface area contributed by atoms with E-state index >= 15 is 0 Å². The maximum Gasteiger partial charge on any atom is 0.422 e. The minimum atomic E-state index is -4.40. The monoisotopic (exact) mass is 397 g/mol. The lowest BCUT2D eigenvalue weighted by molar-refractivity contribution is -0.153. The molecule has 142 valence electrons. The van der Waals surface area contributed by atoms with Crippen LogP contribution in [-0.4, -0.2) is 28.8 Å². The van der Waals surface area contributed by atoms with Crippen molar-refractivity contribution in [2.24, 2.45) is 0 Å². The van der Waals surface area contributed by atoms with E-state index in [0.29, 0.717) is 17.4 Å². The largest absolute Gasteiger partial charge is 0.484 e. The Hall–Kier alpha value is -2.88. The number of carbonyl (C=O) groups is 1. The molecule has 0 saturated carbocycles. The summed E-state index contributed by atoms with van der Waals surface area (Å²) in [5.74, 6) is 0.617. The summed E-state index contributed by atoms with van der Waals surface area (Å²) >= 11 is 1.48. The number of hydrogen-bond acceptors (Lipinski definition) is 6. The van der Waals surface area contributed by atoms with Crippen molar-refractivity contribution in [3.63, 3.8) is 0 Å². The molecule has 0 aliphatic rings. The van der Waals surface area contributed by atoms with Crippen LogP contribution in [0.3, 0.4) is 0 Å². The van der Waals surface area contributed by atoms with E-state index in [9.17, 15) is 18.0 Å². The highest BCUT2D eigenvalue weighted by Crippen LogP contribution is 2.22. The lowest BCUT2D eigenvalue weighted by atomic mass is 10.2. The molecule has 0 aliphatic carbocycles. The predicted molar refractivity (Wildman–Crippen MR) is 92.6 cm³/mol. The zero-order chi connectivity index (χ0) is 19.3. The average Bonchev–Trinajstić information content (AvgIpc) is 3.30. The number of aromatic nitrogens is 2. The van der Waals surface area contributed by atoms with Gasteiger partial charge in [-0.25, -0.2) is 0 Å². The van der Waals surface area contributed by atoms with Crippen molar-refractivity contribution in [3.8, 4) is 16.5 Å². The van der Waals surface area contributed by atoms with Gasteiger partial charge in [-0.15, -0.1) is 11.3 Å². The van der Waals surface area contributed by atoms with Crippen LogP contribution in [-0.2, 0) is 11.2 Å². The number of rotatable bonds is 7. The minimum absolute atomic E-state index is 0.0669. The Morgan fingerprint density at radius 1 is 1.22 bits per heavy atom. The van der Waals surface area contributed by atoms with E-state index in [-0.39, 0.29) is 24.5 Å². The van der Waals surface area contributed by atoms with Gasteiger partial charge < -0.3 is 14.6 Å². The first-order valence-corrected chi connectivity index (χ1v) is 8.73. The van der Waals surface area contributed by atoms with Gasteiger partial charge in [0.2, 0.25) is 17.6 Å². The summed E-state index contributed by atoms with van der Waals surface area (Å²) in [6, 6.07) is 9.38. The molecule has 1 amide bonds. The molecule has 0 fully saturated rings. The first-order valence-electron chi connectivity index (χ1n) is 7.85. The topological polar surface area (TPSA) is 77.2 Å². The third-order valence-electron chi connectivity index (χ3n) is 3.32. The summed E-state index contributed by atoms with van der Waals surface area (Å²) in [5.41, 5.74) is 0.448. The molecule has 0 saturated heterocycles. The Balaban J connectivity index is 1.46. The van der Waals surface area contributed by atoms with Crippen LogP contribution in [0, 0.1) is 0 Å². The number of hydrogen-bond donors (Lipinski definition) is 1. The molecular weight excluding hydrogens is 383 g/mol. The van der Waals surface area contributed by atoms with Crippen LogP contribution in [0.15, 0.2) is 46.3 Å². The van der Waals surface area contributed by atoms with Crippen LogP contribution in [0.1, 0.15) is 12.3 Å². The molecule has 10 heteroatoms. The van der Waals surface area contributed by atoms with Crippen LogP contribution in [0.5, 0.6) is 5.75 Å². The van der Waals surface area contributed by atoms with Crippen molar-refractivity contribution in [2.45, 2.75) is 19.0 Å². The number of carbonyl (C=O) groups excluding carboxylic acids is 1. The lowest BCUT2D eigenvalue weighted by Crippen LogP contribution is -2.19. The summed E-state index contributed by atoms with van der Waals surface area (Å²) in [5, 5.41) is 8.41. The van der Waals surface area contributed by atoms with E-state index in [4.69, 9.17) is 4.52 Å². The number of halogens is 3.